The number of hydrazone groups is 1. The number of rotatable bonds is 11. The second-order valence-corrected chi connectivity index (χ2v) is 13.0. The molecule has 2 fully saturated rings. The normalized spacial score (nSPS) is 27.8. The Morgan fingerprint density at radius 2 is 1.85 bits per heavy atom. The Labute approximate surface area is 279 Å². The predicted molar refractivity (Wildman–Crippen MR) is 169 cm³/mol. The van der Waals surface area contributed by atoms with E-state index in [4.69, 9.17) is 4.74 Å². The van der Waals surface area contributed by atoms with E-state index in [0.717, 1.165) is 22.9 Å². The van der Waals surface area contributed by atoms with Crippen molar-refractivity contribution in [2.75, 3.05) is 13.2 Å². The molecular weight excluding hydrogens is 630 g/mol. The molecule has 2 saturated heterocycles. The van der Waals surface area contributed by atoms with E-state index >= 15 is 0 Å². The first-order chi connectivity index (χ1) is 22.7. The van der Waals surface area contributed by atoms with Crippen molar-refractivity contribution in [2.24, 2.45) is 16.9 Å². The van der Waals surface area contributed by atoms with Crippen molar-refractivity contribution in [3.8, 4) is 0 Å². The lowest BCUT2D eigenvalue weighted by Crippen LogP contribution is -2.64. The first-order valence-electron chi connectivity index (χ1n) is 16.6. The van der Waals surface area contributed by atoms with Crippen LogP contribution >= 0.6 is 0 Å². The van der Waals surface area contributed by atoms with Crippen LogP contribution in [-0.2, 0) is 38.3 Å². The molecule has 17 nitrogen and oxygen atoms in total. The summed E-state index contributed by atoms with van der Waals surface area (Å²) in [6, 6.07) is -6.25. The molecular formula is C31H49N7O10. The van der Waals surface area contributed by atoms with Gasteiger partial charge < -0.3 is 30.9 Å². The van der Waals surface area contributed by atoms with Gasteiger partial charge in [-0.25, -0.2) is 15.2 Å². The molecule has 17 heteroatoms. The number of nitrogens with one attached hydrogen (secondary N) is 4. The zero-order chi connectivity index (χ0) is 35.5. The fraction of sp³-hybridized carbons (Fsp3) is 0.742. The molecule has 0 saturated carbocycles. The summed E-state index contributed by atoms with van der Waals surface area (Å²) in [6.07, 6.45) is 3.12. The lowest BCUT2D eigenvalue weighted by Gasteiger charge is -2.38. The Balaban J connectivity index is 1.86. The van der Waals surface area contributed by atoms with Crippen molar-refractivity contribution >= 4 is 47.7 Å². The van der Waals surface area contributed by atoms with E-state index in [-0.39, 0.29) is 44.6 Å². The van der Waals surface area contributed by atoms with Gasteiger partial charge in [0.15, 0.2) is 0 Å². The van der Waals surface area contributed by atoms with Gasteiger partial charge in [0.1, 0.15) is 36.8 Å². The van der Waals surface area contributed by atoms with Gasteiger partial charge in [-0.05, 0) is 38.5 Å². The number of esters is 1. The number of hydrazine groups is 1. The van der Waals surface area contributed by atoms with Crippen LogP contribution in [0, 0.1) is 11.8 Å². The number of aliphatic carboxylic acids is 1. The Morgan fingerprint density at radius 3 is 2.52 bits per heavy atom. The molecule has 6 N–H and O–H groups in total. The molecule has 0 spiro atoms. The molecule has 0 aromatic rings. The molecule has 3 heterocycles. The lowest BCUT2D eigenvalue weighted by atomic mass is 9.97. The minimum atomic E-state index is -1.53. The number of aliphatic hydroxyl groups excluding tert-OH is 1. The molecule has 5 amide bonds. The van der Waals surface area contributed by atoms with Crippen LogP contribution in [0.5, 0.6) is 0 Å². The number of unbranched alkanes of at least 4 members (excludes halogenated alkanes) is 2. The number of carboxylic acids is 1. The number of carbonyl (C=O) groups excluding carboxylic acids is 6. The molecule has 0 radical (unpaired) electrons. The number of carboxylic acid groups (broad SMARTS) is 1. The third-order valence-corrected chi connectivity index (χ3v) is 8.46. The van der Waals surface area contributed by atoms with Gasteiger partial charge in [-0.1, -0.05) is 40.0 Å². The minimum Gasteiger partial charge on any atom is -0.481 e. The summed E-state index contributed by atoms with van der Waals surface area (Å²) in [7, 11) is 0. The van der Waals surface area contributed by atoms with Crippen LogP contribution < -0.4 is 21.4 Å². The zero-order valence-electron chi connectivity index (χ0n) is 28.0. The SMILES string of the molecule is CCCCC[C@@H](CC(=O)N1N=CCC[C@@H]1C(=O)NC1COC(=O)[C@H]2C[C@@H](O)CNN2C(=O)[C@H](C)NC(=O)C(CC(C)C)NC1=O)C(=O)O. The number of aliphatic hydroxyl groups is 1. The number of carbonyl (C=O) groups is 7. The van der Waals surface area contributed by atoms with E-state index in [1.165, 1.54) is 13.1 Å². The minimum absolute atomic E-state index is 0.0318. The molecule has 0 aromatic heterocycles. The Morgan fingerprint density at radius 1 is 1.12 bits per heavy atom. The fourth-order valence-electron chi connectivity index (χ4n) is 5.78. The predicted octanol–water partition coefficient (Wildman–Crippen LogP) is -0.822. The molecule has 3 aliphatic heterocycles. The molecule has 3 rings (SSSR count). The molecule has 7 atom stereocenters. The van der Waals surface area contributed by atoms with Gasteiger partial charge >= 0.3 is 11.9 Å². The molecule has 2 unspecified atom stereocenters. The third kappa shape index (κ3) is 10.4. The molecule has 268 valence electrons. The van der Waals surface area contributed by atoms with Gasteiger partial charge in [-0.15, -0.1) is 0 Å². The van der Waals surface area contributed by atoms with E-state index in [1.54, 1.807) is 0 Å². The van der Waals surface area contributed by atoms with Crippen molar-refractivity contribution < 1.29 is 48.5 Å². The van der Waals surface area contributed by atoms with Gasteiger partial charge in [0, 0.05) is 25.6 Å². The zero-order valence-corrected chi connectivity index (χ0v) is 28.0. The van der Waals surface area contributed by atoms with Gasteiger partial charge in [-0.3, -0.25) is 33.8 Å². The monoisotopic (exact) mass is 679 g/mol. The molecule has 0 bridgehead atoms. The summed E-state index contributed by atoms with van der Waals surface area (Å²) in [6.45, 7) is 6.34. The highest BCUT2D eigenvalue weighted by Crippen LogP contribution is 2.21. The topological polar surface area (TPSA) is 236 Å². The van der Waals surface area contributed by atoms with Crippen LogP contribution in [0.1, 0.15) is 85.5 Å². The lowest BCUT2D eigenvalue weighted by molar-refractivity contribution is -0.165. The summed E-state index contributed by atoms with van der Waals surface area (Å²) < 4.78 is 5.43. The maximum Gasteiger partial charge on any atom is 0.330 e. The van der Waals surface area contributed by atoms with Crippen LogP contribution in [0.25, 0.3) is 0 Å². The number of ether oxygens (including phenoxy) is 1. The molecule has 0 aromatic carbocycles. The highest BCUT2D eigenvalue weighted by molar-refractivity contribution is 5.97. The summed E-state index contributed by atoms with van der Waals surface area (Å²) >= 11 is 0. The summed E-state index contributed by atoms with van der Waals surface area (Å²) in [5, 5.41) is 33.6. The van der Waals surface area contributed by atoms with Crippen LogP contribution in [0.2, 0.25) is 0 Å². The average molecular weight is 680 g/mol. The van der Waals surface area contributed by atoms with Crippen molar-refractivity contribution in [1.82, 2.24) is 31.4 Å². The summed E-state index contributed by atoms with van der Waals surface area (Å²) in [5.74, 6) is -6.76. The number of β-amino-alcohol motifs (C(OH)–C–C–N with tert-alkyl or cyclic N) is 1. The van der Waals surface area contributed by atoms with E-state index < -0.39 is 90.3 Å². The van der Waals surface area contributed by atoms with Gasteiger partial charge in [0.05, 0.1) is 12.0 Å². The van der Waals surface area contributed by atoms with Crippen molar-refractivity contribution in [3.05, 3.63) is 0 Å². The Bertz CT molecular complexity index is 1240. The average Bonchev–Trinajstić information content (AvgIpc) is 3.04. The Kier molecular flexibility index (Phi) is 14.3. The van der Waals surface area contributed by atoms with Crippen LogP contribution in [0.15, 0.2) is 5.10 Å². The van der Waals surface area contributed by atoms with E-state index in [9.17, 15) is 43.8 Å². The molecule has 0 aliphatic carbocycles. The fourth-order valence-corrected chi connectivity index (χ4v) is 5.78. The van der Waals surface area contributed by atoms with Crippen molar-refractivity contribution in [1.29, 1.82) is 0 Å². The van der Waals surface area contributed by atoms with Gasteiger partial charge in [0.2, 0.25) is 23.6 Å². The van der Waals surface area contributed by atoms with Crippen LogP contribution in [0.4, 0.5) is 0 Å². The summed E-state index contributed by atoms with van der Waals surface area (Å²) in [5.41, 5.74) is 2.69. The smallest absolute Gasteiger partial charge is 0.330 e. The van der Waals surface area contributed by atoms with E-state index in [0.29, 0.717) is 12.8 Å². The largest absolute Gasteiger partial charge is 0.481 e. The van der Waals surface area contributed by atoms with Crippen LogP contribution in [-0.4, -0.2) is 117 Å². The standard InChI is InChI=1S/C31H49N7O10/c1-5-6-7-9-19(30(45)46)13-25(40)37-23(10-8-11-32-37)28(43)36-22-16-48-31(47)24-14-20(39)15-33-38(24)29(44)18(4)34-26(41)21(12-17(2)3)35-27(22)42/h11,17-24,33,39H,5-10,12-16H2,1-4H3,(H,34,41)(H,35,42)(H,36,43)(H,45,46)/t18-,19-,20+,21?,22?,23+,24+/m0/s1. The number of amides is 5. The second-order valence-electron chi connectivity index (χ2n) is 13.0. The quantitative estimate of drug-likeness (QED) is 0.117. The Hall–Kier alpha value is -4.12. The van der Waals surface area contributed by atoms with Crippen LogP contribution in [0.3, 0.4) is 0 Å². The first-order valence-corrected chi connectivity index (χ1v) is 16.6. The number of hydrogen-bond donors (Lipinski definition) is 6. The third-order valence-electron chi connectivity index (χ3n) is 8.46. The first kappa shape index (κ1) is 38.3. The highest BCUT2D eigenvalue weighted by atomic mass is 16.5. The molecule has 48 heavy (non-hydrogen) atoms. The molecule has 3 aliphatic rings. The maximum absolute atomic E-state index is 13.7. The maximum atomic E-state index is 13.7. The number of nitrogens with zero attached hydrogens (tertiary/aromatic N) is 3. The highest BCUT2D eigenvalue weighted by Gasteiger charge is 2.42. The summed E-state index contributed by atoms with van der Waals surface area (Å²) in [4.78, 5) is 92.2. The number of fused-ring (bicyclic) bond motifs is 1. The second kappa shape index (κ2) is 17.9. The number of hydrogen-bond acceptors (Lipinski definition) is 11. The number of cyclic esters (lactones) is 1. The van der Waals surface area contributed by atoms with Crippen molar-refractivity contribution in [3.63, 3.8) is 0 Å². The van der Waals surface area contributed by atoms with Gasteiger partial charge in [-0.2, -0.15) is 5.10 Å². The van der Waals surface area contributed by atoms with E-state index in [1.807, 2.05) is 20.8 Å². The van der Waals surface area contributed by atoms with Crippen molar-refractivity contribution in [2.45, 2.75) is 122 Å². The van der Waals surface area contributed by atoms with E-state index in [2.05, 4.69) is 26.5 Å². The van der Waals surface area contributed by atoms with Gasteiger partial charge in [0.25, 0.3) is 5.91 Å².